The Bertz CT molecular complexity index is 384. The molecular weight excluding hydrogens is 196 g/mol. The van der Waals surface area contributed by atoms with Gasteiger partial charge in [0.2, 0.25) is 0 Å². The predicted molar refractivity (Wildman–Crippen MR) is 65.7 cm³/mol. The number of hydrogen-bond donors (Lipinski definition) is 0. The Hall–Kier alpha value is -1.02. The van der Waals surface area contributed by atoms with Gasteiger partial charge in [-0.1, -0.05) is 24.6 Å². The fourth-order valence-corrected chi connectivity index (χ4v) is 4.05. The number of rotatable bonds is 1. The molecule has 0 radical (unpaired) electrons. The van der Waals surface area contributed by atoms with Gasteiger partial charge in [-0.15, -0.1) is 0 Å². The first-order valence-electron chi connectivity index (χ1n) is 6.43. The van der Waals surface area contributed by atoms with Crippen molar-refractivity contribution in [2.75, 3.05) is 11.9 Å². The molecule has 0 amide bonds. The normalized spacial score (nSPS) is 40.9. The average Bonchev–Trinajstić information content (AvgIpc) is 3.01. The highest BCUT2D eigenvalue weighted by molar-refractivity contribution is 5.60. The lowest BCUT2D eigenvalue weighted by Crippen LogP contribution is -2.45. The van der Waals surface area contributed by atoms with Gasteiger partial charge in [-0.25, -0.2) is 0 Å². The molecule has 2 bridgehead atoms. The Morgan fingerprint density at radius 2 is 1.62 bits per heavy atom. The van der Waals surface area contributed by atoms with Crippen LogP contribution in [0.15, 0.2) is 30.3 Å². The van der Waals surface area contributed by atoms with E-state index < -0.39 is 0 Å². The molecule has 2 nitrogen and oxygen atoms in total. The first-order chi connectivity index (χ1) is 7.88. The van der Waals surface area contributed by atoms with E-state index in [0.29, 0.717) is 0 Å². The van der Waals surface area contributed by atoms with E-state index in [1.807, 2.05) is 0 Å². The maximum Gasteiger partial charge on any atom is 0.0668 e. The monoisotopic (exact) mass is 214 g/mol. The number of piperazine rings is 1. The van der Waals surface area contributed by atoms with Crippen LogP contribution in [0, 0.1) is 0 Å². The topological polar surface area (TPSA) is 6.25 Å². The van der Waals surface area contributed by atoms with E-state index >= 15 is 0 Å². The first-order valence-corrected chi connectivity index (χ1v) is 6.43. The summed E-state index contributed by atoms with van der Waals surface area (Å²) in [6.45, 7) is 0. The van der Waals surface area contributed by atoms with Crippen LogP contribution in [-0.4, -0.2) is 36.1 Å². The second-order valence-corrected chi connectivity index (χ2v) is 5.46. The average molecular weight is 214 g/mol. The molecule has 4 atom stereocenters. The molecule has 3 saturated heterocycles. The Labute approximate surface area is 96.9 Å². The molecule has 0 N–H and O–H groups in total. The largest absolute Gasteiger partial charge is 0.358 e. The molecule has 4 rings (SSSR count). The number of nitrogens with zero attached hydrogens (tertiary/aromatic N) is 2. The van der Waals surface area contributed by atoms with Crippen molar-refractivity contribution in [2.45, 2.75) is 43.4 Å². The van der Waals surface area contributed by atoms with E-state index in [2.05, 4.69) is 47.2 Å². The highest BCUT2D eigenvalue weighted by Crippen LogP contribution is 2.51. The quantitative estimate of drug-likeness (QED) is 0.660. The lowest BCUT2D eigenvalue weighted by Gasteiger charge is -2.36. The maximum absolute atomic E-state index is 2.65. The Kier molecular flexibility index (Phi) is 1.70. The third-order valence-electron chi connectivity index (χ3n) is 4.79. The summed E-state index contributed by atoms with van der Waals surface area (Å²) in [5, 5.41) is 0. The number of fused-ring (bicyclic) bond motifs is 5. The number of likely N-dealkylation sites (N-methyl/N-ethyl adjacent to an activating group) is 1. The molecule has 0 saturated carbocycles. The molecule has 3 fully saturated rings. The van der Waals surface area contributed by atoms with Gasteiger partial charge >= 0.3 is 0 Å². The second kappa shape index (κ2) is 3.01. The van der Waals surface area contributed by atoms with Crippen LogP contribution in [0.1, 0.15) is 19.3 Å². The van der Waals surface area contributed by atoms with Gasteiger partial charge in [-0.3, -0.25) is 4.90 Å². The first kappa shape index (κ1) is 9.06. The third-order valence-corrected chi connectivity index (χ3v) is 4.79. The summed E-state index contributed by atoms with van der Waals surface area (Å²) in [7, 11) is 2.32. The molecular formula is C14H18N2. The van der Waals surface area contributed by atoms with Crippen LogP contribution in [0.5, 0.6) is 0 Å². The van der Waals surface area contributed by atoms with E-state index in [1.54, 1.807) is 0 Å². The Balaban J connectivity index is 1.65. The minimum absolute atomic E-state index is 0.819. The molecule has 84 valence electrons. The van der Waals surface area contributed by atoms with E-state index in [-0.39, 0.29) is 0 Å². The third kappa shape index (κ3) is 1.01. The molecule has 1 aromatic carbocycles. The summed E-state index contributed by atoms with van der Waals surface area (Å²) in [6, 6.07) is 14.2. The highest BCUT2D eigenvalue weighted by Gasteiger charge is 2.64. The smallest absolute Gasteiger partial charge is 0.0668 e. The molecule has 16 heavy (non-hydrogen) atoms. The minimum Gasteiger partial charge on any atom is -0.358 e. The molecule has 0 aliphatic carbocycles. The van der Waals surface area contributed by atoms with Gasteiger partial charge < -0.3 is 4.90 Å². The van der Waals surface area contributed by atoms with Crippen LogP contribution in [0.4, 0.5) is 5.69 Å². The summed E-state index contributed by atoms with van der Waals surface area (Å²) in [4.78, 5) is 5.28. The summed E-state index contributed by atoms with van der Waals surface area (Å²) in [5.41, 5.74) is 1.43. The molecule has 0 unspecified atom stereocenters. The maximum atomic E-state index is 2.65. The molecule has 3 aliphatic rings. The van der Waals surface area contributed by atoms with E-state index in [1.165, 1.54) is 24.9 Å². The molecule has 3 aliphatic heterocycles. The van der Waals surface area contributed by atoms with Crippen LogP contribution < -0.4 is 4.90 Å². The lowest BCUT2D eigenvalue weighted by molar-refractivity contribution is 0.157. The number of anilines is 1. The van der Waals surface area contributed by atoms with Gasteiger partial charge in [0, 0.05) is 17.8 Å². The zero-order valence-electron chi connectivity index (χ0n) is 9.71. The van der Waals surface area contributed by atoms with Crippen molar-refractivity contribution in [3.8, 4) is 0 Å². The van der Waals surface area contributed by atoms with Crippen molar-refractivity contribution in [1.82, 2.24) is 4.90 Å². The standard InChI is InChI=1S/C14H18N2/c1-15-11-8-5-9-12(15)14-13(11)16(14)10-6-3-2-4-7-10/h2-4,6-7,11-14H,5,8-9H2,1H3/t11-,12+,13-,14+,16?. The molecule has 0 spiro atoms. The van der Waals surface area contributed by atoms with Crippen molar-refractivity contribution in [3.63, 3.8) is 0 Å². The van der Waals surface area contributed by atoms with Gasteiger partial charge in [0.15, 0.2) is 0 Å². The van der Waals surface area contributed by atoms with Crippen molar-refractivity contribution < 1.29 is 0 Å². The van der Waals surface area contributed by atoms with Crippen molar-refractivity contribution >= 4 is 5.69 Å². The molecule has 1 aromatic rings. The van der Waals surface area contributed by atoms with Gasteiger partial charge in [0.25, 0.3) is 0 Å². The van der Waals surface area contributed by atoms with Gasteiger partial charge in [0.05, 0.1) is 12.1 Å². The minimum atomic E-state index is 0.819. The van der Waals surface area contributed by atoms with E-state index in [0.717, 1.165) is 24.2 Å². The number of piperidine rings is 1. The van der Waals surface area contributed by atoms with Crippen molar-refractivity contribution in [1.29, 1.82) is 0 Å². The second-order valence-electron chi connectivity index (χ2n) is 5.46. The summed E-state index contributed by atoms with van der Waals surface area (Å²) < 4.78 is 0. The van der Waals surface area contributed by atoms with Crippen molar-refractivity contribution in [3.05, 3.63) is 30.3 Å². The van der Waals surface area contributed by atoms with Crippen molar-refractivity contribution in [2.24, 2.45) is 0 Å². The van der Waals surface area contributed by atoms with Crippen LogP contribution in [0.3, 0.4) is 0 Å². The predicted octanol–water partition coefficient (Wildman–Crippen LogP) is 2.11. The van der Waals surface area contributed by atoms with Crippen LogP contribution in [0.2, 0.25) is 0 Å². The van der Waals surface area contributed by atoms with Crippen LogP contribution in [-0.2, 0) is 0 Å². The zero-order valence-corrected chi connectivity index (χ0v) is 9.71. The summed E-state index contributed by atoms with van der Waals surface area (Å²) >= 11 is 0. The number of hydrogen-bond acceptors (Lipinski definition) is 2. The van der Waals surface area contributed by atoms with Gasteiger partial charge in [-0.2, -0.15) is 0 Å². The van der Waals surface area contributed by atoms with Gasteiger partial charge in [-0.05, 0) is 32.0 Å². The fraction of sp³-hybridized carbons (Fsp3) is 0.571. The molecule has 3 heterocycles. The zero-order chi connectivity index (χ0) is 10.7. The fourth-order valence-electron chi connectivity index (χ4n) is 4.05. The summed E-state index contributed by atoms with van der Waals surface area (Å²) in [5.74, 6) is 0. The highest BCUT2D eigenvalue weighted by atomic mass is 15.5. The van der Waals surface area contributed by atoms with E-state index in [9.17, 15) is 0 Å². The molecule has 2 heteroatoms. The Morgan fingerprint density at radius 3 is 2.25 bits per heavy atom. The number of benzene rings is 1. The summed E-state index contributed by atoms with van der Waals surface area (Å²) in [6.07, 6.45) is 4.24. The van der Waals surface area contributed by atoms with Crippen LogP contribution in [0.25, 0.3) is 0 Å². The lowest BCUT2D eigenvalue weighted by atomic mass is 10.0. The van der Waals surface area contributed by atoms with Gasteiger partial charge in [0.1, 0.15) is 0 Å². The van der Waals surface area contributed by atoms with Crippen LogP contribution >= 0.6 is 0 Å². The molecule has 0 aromatic heterocycles. The van der Waals surface area contributed by atoms with E-state index in [4.69, 9.17) is 0 Å². The Morgan fingerprint density at radius 1 is 1.00 bits per heavy atom. The SMILES string of the molecule is CN1[C@@H]2CCC[C@H]1[C@H]1[C@@H]2N1c1ccccc1. The number of para-hydroxylation sites is 1.